The van der Waals surface area contributed by atoms with Gasteiger partial charge < -0.3 is 14.8 Å². The van der Waals surface area contributed by atoms with Crippen molar-refractivity contribution >= 4 is 29.5 Å². The molecule has 188 valence electrons. The van der Waals surface area contributed by atoms with E-state index in [-0.39, 0.29) is 5.82 Å². The molecule has 0 aliphatic rings. The molecule has 4 aromatic rings. The van der Waals surface area contributed by atoms with E-state index in [1.165, 1.54) is 6.07 Å². The number of hydrogen-bond donors (Lipinski definition) is 1. The Bertz CT molecular complexity index is 1370. The monoisotopic (exact) mass is 503 g/mol. The lowest BCUT2D eigenvalue weighted by molar-refractivity contribution is -0.137. The highest BCUT2D eigenvalue weighted by Gasteiger charge is 2.30. The molecular formula is C29H24F3N3O2. The molecule has 0 unspecified atom stereocenters. The molecule has 0 saturated carbocycles. The third kappa shape index (κ3) is 6.98. The second kappa shape index (κ2) is 11.9. The van der Waals surface area contributed by atoms with Crippen LogP contribution in [0, 0.1) is 0 Å². The Kier molecular flexibility index (Phi) is 8.20. The number of para-hydroxylation sites is 3. The van der Waals surface area contributed by atoms with Crippen LogP contribution in [0.5, 0.6) is 11.5 Å². The predicted octanol–water partition coefficient (Wildman–Crippen LogP) is 7.85. The maximum atomic E-state index is 12.8. The first-order chi connectivity index (χ1) is 17.9. The zero-order chi connectivity index (χ0) is 26.1. The number of anilines is 2. The van der Waals surface area contributed by atoms with Crippen molar-refractivity contribution in [1.82, 2.24) is 4.98 Å². The Balaban J connectivity index is 1.48. The maximum absolute atomic E-state index is 12.8. The summed E-state index contributed by atoms with van der Waals surface area (Å²) < 4.78 is 49.9. The normalized spacial score (nSPS) is 11.7. The SMILES string of the molecule is COc1cccc(/C=C/C=Nc2ccccc2Nc2ccc(C(F)(F)F)cn2)c1OCc1ccccc1. The number of methoxy groups -OCH3 is 1. The summed E-state index contributed by atoms with van der Waals surface area (Å²) in [5.74, 6) is 1.52. The molecule has 0 amide bonds. The summed E-state index contributed by atoms with van der Waals surface area (Å²) >= 11 is 0. The minimum absolute atomic E-state index is 0.280. The number of pyridine rings is 1. The molecule has 0 atom stereocenters. The van der Waals surface area contributed by atoms with Crippen molar-refractivity contribution in [3.8, 4) is 11.5 Å². The summed E-state index contributed by atoms with van der Waals surface area (Å²) in [7, 11) is 1.59. The number of halogens is 3. The molecule has 37 heavy (non-hydrogen) atoms. The Morgan fingerprint density at radius 1 is 0.919 bits per heavy atom. The van der Waals surface area contributed by atoms with E-state index in [9.17, 15) is 13.2 Å². The van der Waals surface area contributed by atoms with E-state index in [0.717, 1.165) is 23.4 Å². The van der Waals surface area contributed by atoms with Crippen molar-refractivity contribution in [2.24, 2.45) is 4.99 Å². The molecular weight excluding hydrogens is 479 g/mol. The van der Waals surface area contributed by atoms with E-state index in [1.54, 1.807) is 37.6 Å². The minimum atomic E-state index is -4.44. The number of aromatic nitrogens is 1. The molecule has 1 aromatic heterocycles. The van der Waals surface area contributed by atoms with Crippen LogP contribution in [0.4, 0.5) is 30.4 Å². The summed E-state index contributed by atoms with van der Waals surface area (Å²) in [6.45, 7) is 0.396. The maximum Gasteiger partial charge on any atom is 0.417 e. The van der Waals surface area contributed by atoms with Gasteiger partial charge in [0.25, 0.3) is 0 Å². The Hall–Kier alpha value is -4.59. The lowest BCUT2D eigenvalue weighted by Crippen LogP contribution is -2.05. The molecule has 0 bridgehead atoms. The standard InChI is InChI=1S/C29H24F3N3O2/c1-36-26-15-7-11-22(28(26)37-20-21-9-3-2-4-10-21)12-8-18-33-24-13-5-6-14-25(24)35-27-17-16-23(19-34-27)29(30,31)32/h2-19H,20H2,1H3,(H,34,35)/b12-8+,33-18?. The topological polar surface area (TPSA) is 55.7 Å². The molecule has 0 fully saturated rings. The fourth-order valence-electron chi connectivity index (χ4n) is 3.44. The molecule has 1 N–H and O–H groups in total. The van der Waals surface area contributed by atoms with Crippen LogP contribution >= 0.6 is 0 Å². The molecule has 5 nitrogen and oxygen atoms in total. The second-order valence-corrected chi connectivity index (χ2v) is 7.86. The molecule has 1 heterocycles. The van der Waals surface area contributed by atoms with Crippen LogP contribution in [0.3, 0.4) is 0 Å². The number of ether oxygens (including phenoxy) is 2. The van der Waals surface area contributed by atoms with E-state index in [0.29, 0.717) is 29.5 Å². The second-order valence-electron chi connectivity index (χ2n) is 7.86. The number of allylic oxidation sites excluding steroid dienone is 1. The molecule has 0 aliphatic carbocycles. The Labute approximate surface area is 212 Å². The predicted molar refractivity (Wildman–Crippen MR) is 140 cm³/mol. The van der Waals surface area contributed by atoms with Gasteiger partial charge in [0.05, 0.1) is 24.0 Å². The number of alkyl halides is 3. The van der Waals surface area contributed by atoms with Crippen molar-refractivity contribution in [1.29, 1.82) is 0 Å². The Morgan fingerprint density at radius 3 is 2.43 bits per heavy atom. The minimum Gasteiger partial charge on any atom is -0.493 e. The van der Waals surface area contributed by atoms with Crippen LogP contribution in [0.1, 0.15) is 16.7 Å². The van der Waals surface area contributed by atoms with Gasteiger partial charge in [0.2, 0.25) is 0 Å². The molecule has 0 spiro atoms. The van der Waals surface area contributed by atoms with Gasteiger partial charge in [0.15, 0.2) is 11.5 Å². The molecule has 0 radical (unpaired) electrons. The number of nitrogens with zero attached hydrogens (tertiary/aromatic N) is 2. The first-order valence-corrected chi connectivity index (χ1v) is 11.4. The van der Waals surface area contributed by atoms with E-state index in [2.05, 4.69) is 15.3 Å². The van der Waals surface area contributed by atoms with Gasteiger partial charge >= 0.3 is 6.18 Å². The van der Waals surface area contributed by atoms with E-state index in [1.807, 2.05) is 60.7 Å². The first-order valence-electron chi connectivity index (χ1n) is 11.4. The molecule has 0 aliphatic heterocycles. The number of aliphatic imine (C=N–C) groups is 1. The zero-order valence-corrected chi connectivity index (χ0v) is 19.9. The largest absolute Gasteiger partial charge is 0.493 e. The smallest absolute Gasteiger partial charge is 0.417 e. The van der Waals surface area contributed by atoms with Crippen molar-refractivity contribution in [2.45, 2.75) is 12.8 Å². The van der Waals surface area contributed by atoms with Crippen LogP contribution in [-0.4, -0.2) is 18.3 Å². The summed E-state index contributed by atoms with van der Waals surface area (Å²) in [6.07, 6.45) is 1.62. The van der Waals surface area contributed by atoms with Crippen molar-refractivity contribution < 1.29 is 22.6 Å². The summed E-state index contributed by atoms with van der Waals surface area (Å²) in [5, 5.41) is 3.01. The van der Waals surface area contributed by atoms with Gasteiger partial charge in [-0.15, -0.1) is 0 Å². The number of rotatable bonds is 9. The molecule has 3 aromatic carbocycles. The number of benzene rings is 3. The lowest BCUT2D eigenvalue weighted by atomic mass is 10.1. The highest BCUT2D eigenvalue weighted by molar-refractivity contribution is 5.84. The van der Waals surface area contributed by atoms with Crippen LogP contribution < -0.4 is 14.8 Å². The van der Waals surface area contributed by atoms with E-state index in [4.69, 9.17) is 9.47 Å². The van der Waals surface area contributed by atoms with Gasteiger partial charge in [-0.25, -0.2) is 4.98 Å². The lowest BCUT2D eigenvalue weighted by Gasteiger charge is -2.13. The number of hydrogen-bond acceptors (Lipinski definition) is 5. The highest BCUT2D eigenvalue weighted by Crippen LogP contribution is 2.33. The van der Waals surface area contributed by atoms with Crippen molar-refractivity contribution in [3.05, 3.63) is 114 Å². The van der Waals surface area contributed by atoms with Crippen molar-refractivity contribution in [3.63, 3.8) is 0 Å². The third-order valence-electron chi connectivity index (χ3n) is 5.29. The molecule has 4 rings (SSSR count). The van der Waals surface area contributed by atoms with E-state index >= 15 is 0 Å². The van der Waals surface area contributed by atoms with Crippen LogP contribution in [-0.2, 0) is 12.8 Å². The van der Waals surface area contributed by atoms with Crippen LogP contribution in [0.15, 0.2) is 102 Å². The Morgan fingerprint density at radius 2 is 1.70 bits per heavy atom. The number of nitrogens with one attached hydrogen (secondary N) is 1. The summed E-state index contributed by atoms with van der Waals surface area (Å²) in [6, 6.07) is 24.9. The van der Waals surface area contributed by atoms with Crippen LogP contribution in [0.25, 0.3) is 6.08 Å². The van der Waals surface area contributed by atoms with Gasteiger partial charge in [-0.3, -0.25) is 4.99 Å². The van der Waals surface area contributed by atoms with Crippen molar-refractivity contribution in [2.75, 3.05) is 12.4 Å². The van der Waals surface area contributed by atoms with E-state index < -0.39 is 11.7 Å². The van der Waals surface area contributed by atoms with Gasteiger partial charge in [0, 0.05) is 18.0 Å². The third-order valence-corrected chi connectivity index (χ3v) is 5.29. The average molecular weight is 504 g/mol. The zero-order valence-electron chi connectivity index (χ0n) is 19.9. The fourth-order valence-corrected chi connectivity index (χ4v) is 3.44. The van der Waals surface area contributed by atoms with Gasteiger partial charge in [0.1, 0.15) is 12.4 Å². The van der Waals surface area contributed by atoms with Gasteiger partial charge in [-0.1, -0.05) is 54.6 Å². The first kappa shape index (κ1) is 25.5. The van der Waals surface area contributed by atoms with Crippen LogP contribution in [0.2, 0.25) is 0 Å². The van der Waals surface area contributed by atoms with Gasteiger partial charge in [-0.2, -0.15) is 13.2 Å². The average Bonchev–Trinajstić information content (AvgIpc) is 2.91. The molecule has 8 heteroatoms. The summed E-state index contributed by atoms with van der Waals surface area (Å²) in [4.78, 5) is 8.35. The quantitative estimate of drug-likeness (QED) is 0.236. The fraction of sp³-hybridized carbons (Fsp3) is 0.103. The highest BCUT2D eigenvalue weighted by atomic mass is 19.4. The molecule has 0 saturated heterocycles. The van der Waals surface area contributed by atoms with Gasteiger partial charge in [-0.05, 0) is 48.0 Å². The summed E-state index contributed by atoms with van der Waals surface area (Å²) in [5.41, 5.74) is 2.26.